The third-order valence-electron chi connectivity index (χ3n) is 3.35. The zero-order valence-corrected chi connectivity index (χ0v) is 13.9. The Morgan fingerprint density at radius 3 is 2.65 bits per heavy atom. The van der Waals surface area contributed by atoms with Crippen molar-refractivity contribution in [2.24, 2.45) is 0 Å². The molecule has 1 rings (SSSR count). The second-order valence-corrected chi connectivity index (χ2v) is 7.04. The number of ether oxygens (including phenoxy) is 1. The minimum Gasteiger partial charge on any atom is -0.444 e. The van der Waals surface area contributed by atoms with Crippen LogP contribution in [0.5, 0.6) is 0 Å². The summed E-state index contributed by atoms with van der Waals surface area (Å²) in [5.74, 6) is 0. The molecule has 2 atom stereocenters. The molecule has 0 bridgehead atoms. The molecule has 0 aliphatic carbocycles. The summed E-state index contributed by atoms with van der Waals surface area (Å²) in [6.45, 7) is 10.6. The van der Waals surface area contributed by atoms with Gasteiger partial charge in [-0.1, -0.05) is 0 Å². The minimum absolute atomic E-state index is 0.179. The third-order valence-corrected chi connectivity index (χ3v) is 3.35. The van der Waals surface area contributed by atoms with Gasteiger partial charge in [0.15, 0.2) is 0 Å². The van der Waals surface area contributed by atoms with Crippen molar-refractivity contribution in [3.63, 3.8) is 0 Å². The van der Waals surface area contributed by atoms with Gasteiger partial charge in [-0.05, 0) is 54.6 Å². The van der Waals surface area contributed by atoms with E-state index in [1.807, 2.05) is 25.7 Å². The van der Waals surface area contributed by atoms with Gasteiger partial charge in [0.1, 0.15) is 5.60 Å². The first-order valence-corrected chi connectivity index (χ1v) is 7.57. The molecule has 1 amide bonds. The van der Waals surface area contributed by atoms with Crippen molar-refractivity contribution in [3.8, 4) is 0 Å². The molecule has 5 heteroatoms. The number of rotatable bonds is 5. The average Bonchev–Trinajstić information content (AvgIpc) is 2.71. The molecule has 1 aliphatic heterocycles. The maximum absolute atomic E-state index is 12.2. The molecule has 0 aromatic heterocycles. The fourth-order valence-electron chi connectivity index (χ4n) is 2.56. The van der Waals surface area contributed by atoms with Crippen molar-refractivity contribution in [1.82, 2.24) is 15.1 Å². The molecule has 2 unspecified atom stereocenters. The second-order valence-electron chi connectivity index (χ2n) is 7.04. The van der Waals surface area contributed by atoms with E-state index in [2.05, 4.69) is 31.2 Å². The first kappa shape index (κ1) is 17.2. The Bertz CT molecular complexity index is 313. The highest BCUT2D eigenvalue weighted by Gasteiger charge is 2.32. The molecular formula is C15H31N3O2. The molecule has 0 radical (unpaired) electrons. The van der Waals surface area contributed by atoms with Gasteiger partial charge in [-0.2, -0.15) is 0 Å². The highest BCUT2D eigenvalue weighted by Crippen LogP contribution is 2.20. The summed E-state index contributed by atoms with van der Waals surface area (Å²) in [4.78, 5) is 16.2. The fraction of sp³-hybridized carbons (Fsp3) is 0.933. The Morgan fingerprint density at radius 1 is 1.45 bits per heavy atom. The molecule has 1 fully saturated rings. The number of nitrogens with one attached hydrogen (secondary N) is 1. The van der Waals surface area contributed by atoms with Crippen LogP contribution in [-0.4, -0.2) is 67.3 Å². The largest absolute Gasteiger partial charge is 0.444 e. The van der Waals surface area contributed by atoms with Crippen LogP contribution in [0.3, 0.4) is 0 Å². The Balaban J connectivity index is 2.43. The first-order chi connectivity index (χ1) is 9.19. The summed E-state index contributed by atoms with van der Waals surface area (Å²) in [6, 6.07) is 0.681. The molecule has 5 nitrogen and oxygen atoms in total. The van der Waals surface area contributed by atoms with E-state index < -0.39 is 5.60 Å². The van der Waals surface area contributed by atoms with E-state index in [-0.39, 0.29) is 12.1 Å². The smallest absolute Gasteiger partial charge is 0.410 e. The second kappa shape index (κ2) is 7.27. The molecule has 118 valence electrons. The SMILES string of the molecule is CC(CN(C)C)NCC1CCCN1C(=O)OC(C)(C)C. The van der Waals surface area contributed by atoms with Crippen LogP contribution >= 0.6 is 0 Å². The van der Waals surface area contributed by atoms with E-state index in [1.54, 1.807) is 0 Å². The summed E-state index contributed by atoms with van der Waals surface area (Å²) < 4.78 is 5.47. The van der Waals surface area contributed by atoms with E-state index in [0.29, 0.717) is 6.04 Å². The van der Waals surface area contributed by atoms with Crippen molar-refractivity contribution in [2.75, 3.05) is 33.7 Å². The maximum atomic E-state index is 12.2. The number of likely N-dealkylation sites (N-methyl/N-ethyl adjacent to an activating group) is 1. The maximum Gasteiger partial charge on any atom is 0.410 e. The number of nitrogens with zero attached hydrogens (tertiary/aromatic N) is 2. The molecule has 1 aliphatic rings. The lowest BCUT2D eigenvalue weighted by molar-refractivity contribution is 0.0224. The third kappa shape index (κ3) is 6.09. The summed E-state index contributed by atoms with van der Waals surface area (Å²) in [7, 11) is 4.14. The minimum atomic E-state index is -0.421. The zero-order chi connectivity index (χ0) is 15.3. The van der Waals surface area contributed by atoms with Gasteiger partial charge in [0.05, 0.1) is 0 Å². The molecule has 0 aromatic carbocycles. The van der Waals surface area contributed by atoms with Crippen molar-refractivity contribution < 1.29 is 9.53 Å². The van der Waals surface area contributed by atoms with Crippen LogP contribution in [-0.2, 0) is 4.74 Å². The number of hydrogen-bond acceptors (Lipinski definition) is 4. The zero-order valence-electron chi connectivity index (χ0n) is 13.9. The van der Waals surface area contributed by atoms with Crippen molar-refractivity contribution >= 4 is 6.09 Å². The molecule has 20 heavy (non-hydrogen) atoms. The van der Waals surface area contributed by atoms with E-state index in [4.69, 9.17) is 4.74 Å². The quantitative estimate of drug-likeness (QED) is 0.838. The average molecular weight is 285 g/mol. The van der Waals surface area contributed by atoms with Gasteiger partial charge in [-0.15, -0.1) is 0 Å². The summed E-state index contributed by atoms with van der Waals surface area (Å²) in [5, 5.41) is 3.51. The molecule has 1 N–H and O–H groups in total. The van der Waals surface area contributed by atoms with E-state index in [9.17, 15) is 4.79 Å². The van der Waals surface area contributed by atoms with Crippen LogP contribution in [0.4, 0.5) is 4.79 Å². The van der Waals surface area contributed by atoms with Crippen LogP contribution in [0.1, 0.15) is 40.5 Å². The van der Waals surface area contributed by atoms with Gasteiger partial charge in [0, 0.05) is 31.7 Å². The van der Waals surface area contributed by atoms with Crippen LogP contribution in [0.15, 0.2) is 0 Å². The Kier molecular flexibility index (Phi) is 6.27. The van der Waals surface area contributed by atoms with Gasteiger partial charge in [0.2, 0.25) is 0 Å². The molecule has 0 spiro atoms. The lowest BCUT2D eigenvalue weighted by Crippen LogP contribution is -2.47. The fourth-order valence-corrected chi connectivity index (χ4v) is 2.56. The number of carbonyl (C=O) groups is 1. The normalized spacial score (nSPS) is 21.4. The summed E-state index contributed by atoms with van der Waals surface area (Å²) in [6.07, 6.45) is 1.94. The highest BCUT2D eigenvalue weighted by molar-refractivity contribution is 5.69. The van der Waals surface area contributed by atoms with Gasteiger partial charge >= 0.3 is 6.09 Å². The summed E-state index contributed by atoms with van der Waals surface area (Å²) >= 11 is 0. The predicted octanol–water partition coefficient (Wildman–Crippen LogP) is 1.93. The number of carbonyl (C=O) groups excluding carboxylic acids is 1. The molecule has 1 heterocycles. The van der Waals surface area contributed by atoms with Gasteiger partial charge in [-0.3, -0.25) is 0 Å². The lowest BCUT2D eigenvalue weighted by Gasteiger charge is -2.29. The lowest BCUT2D eigenvalue weighted by atomic mass is 10.2. The van der Waals surface area contributed by atoms with Crippen molar-refractivity contribution in [1.29, 1.82) is 0 Å². The first-order valence-electron chi connectivity index (χ1n) is 7.57. The number of amides is 1. The van der Waals surface area contributed by atoms with E-state index in [1.165, 1.54) is 0 Å². The van der Waals surface area contributed by atoms with Gasteiger partial charge < -0.3 is 19.9 Å². The Morgan fingerprint density at radius 2 is 2.10 bits per heavy atom. The monoisotopic (exact) mass is 285 g/mol. The van der Waals surface area contributed by atoms with Gasteiger partial charge in [-0.25, -0.2) is 4.79 Å². The Hall–Kier alpha value is -0.810. The summed E-state index contributed by atoms with van der Waals surface area (Å²) in [5.41, 5.74) is -0.421. The number of hydrogen-bond donors (Lipinski definition) is 1. The molecular weight excluding hydrogens is 254 g/mol. The van der Waals surface area contributed by atoms with Crippen molar-refractivity contribution in [3.05, 3.63) is 0 Å². The van der Waals surface area contributed by atoms with Crippen molar-refractivity contribution in [2.45, 2.75) is 58.2 Å². The topological polar surface area (TPSA) is 44.8 Å². The molecule has 1 saturated heterocycles. The van der Waals surface area contributed by atoms with Crippen LogP contribution in [0, 0.1) is 0 Å². The van der Waals surface area contributed by atoms with Crippen LogP contribution < -0.4 is 5.32 Å². The molecule has 0 aromatic rings. The highest BCUT2D eigenvalue weighted by atomic mass is 16.6. The van der Waals surface area contributed by atoms with E-state index >= 15 is 0 Å². The predicted molar refractivity (Wildman–Crippen MR) is 82.0 cm³/mol. The van der Waals surface area contributed by atoms with E-state index in [0.717, 1.165) is 32.5 Å². The standard InChI is InChI=1S/C15H31N3O2/c1-12(11-17(5)6)16-10-13-8-7-9-18(13)14(19)20-15(2,3)4/h12-13,16H,7-11H2,1-6H3. The van der Waals surface area contributed by atoms with Crippen LogP contribution in [0.2, 0.25) is 0 Å². The molecule has 0 saturated carbocycles. The van der Waals surface area contributed by atoms with Gasteiger partial charge in [0.25, 0.3) is 0 Å². The van der Waals surface area contributed by atoms with Crippen LogP contribution in [0.25, 0.3) is 0 Å². The Labute approximate surface area is 123 Å². The number of likely N-dealkylation sites (tertiary alicyclic amines) is 1.